The topological polar surface area (TPSA) is 29.1 Å². The van der Waals surface area contributed by atoms with E-state index in [1.54, 1.807) is 0 Å². The van der Waals surface area contributed by atoms with Gasteiger partial charge in [0.15, 0.2) is 0 Å². The van der Waals surface area contributed by atoms with Gasteiger partial charge in [0.05, 0.1) is 0 Å². The molecule has 0 saturated heterocycles. The maximum atomic E-state index is 12.2. The minimum atomic E-state index is 0.214. The van der Waals surface area contributed by atoms with Crippen LogP contribution in [0.15, 0.2) is 42.5 Å². The zero-order valence-electron chi connectivity index (χ0n) is 16.6. The molecule has 1 amide bonds. The molecule has 26 heavy (non-hydrogen) atoms. The van der Waals surface area contributed by atoms with E-state index in [0.29, 0.717) is 6.42 Å². The number of rotatable bonds is 12. The maximum absolute atomic E-state index is 12.2. The second-order valence-corrected chi connectivity index (χ2v) is 7.43. The van der Waals surface area contributed by atoms with Crippen molar-refractivity contribution in [3.8, 4) is 0 Å². The van der Waals surface area contributed by atoms with Crippen LogP contribution in [0, 0.1) is 0 Å². The second-order valence-electron chi connectivity index (χ2n) is 7.43. The summed E-state index contributed by atoms with van der Waals surface area (Å²) < 4.78 is 0. The van der Waals surface area contributed by atoms with Gasteiger partial charge >= 0.3 is 0 Å². The van der Waals surface area contributed by atoms with Crippen LogP contribution in [-0.4, -0.2) is 11.9 Å². The highest BCUT2D eigenvalue weighted by Crippen LogP contribution is 2.17. The van der Waals surface area contributed by atoms with Gasteiger partial charge in [-0.3, -0.25) is 4.79 Å². The van der Waals surface area contributed by atoms with Gasteiger partial charge in [0.2, 0.25) is 5.91 Å². The maximum Gasteiger partial charge on any atom is 0.220 e. The lowest BCUT2D eigenvalue weighted by atomic mass is 10.00. The van der Waals surface area contributed by atoms with Crippen molar-refractivity contribution in [2.45, 2.75) is 84.1 Å². The lowest BCUT2D eigenvalue weighted by Crippen LogP contribution is -2.35. The lowest BCUT2D eigenvalue weighted by molar-refractivity contribution is -0.121. The Balaban J connectivity index is 1.72. The monoisotopic (exact) mass is 353 g/mol. The largest absolute Gasteiger partial charge is 0.353 e. The van der Waals surface area contributed by atoms with E-state index in [9.17, 15) is 4.79 Å². The number of benzene rings is 2. The Hall–Kier alpha value is -1.83. The smallest absolute Gasteiger partial charge is 0.220 e. The van der Waals surface area contributed by atoms with Crippen LogP contribution >= 0.6 is 0 Å². The first-order valence-corrected chi connectivity index (χ1v) is 10.5. The Morgan fingerprint density at radius 2 is 1.58 bits per heavy atom. The Morgan fingerprint density at radius 1 is 0.885 bits per heavy atom. The average molecular weight is 354 g/mol. The van der Waals surface area contributed by atoms with Gasteiger partial charge < -0.3 is 5.32 Å². The molecule has 0 bridgehead atoms. The second kappa shape index (κ2) is 11.7. The van der Waals surface area contributed by atoms with E-state index in [-0.39, 0.29) is 11.9 Å². The van der Waals surface area contributed by atoms with Crippen LogP contribution < -0.4 is 5.32 Å². The minimum absolute atomic E-state index is 0.214. The van der Waals surface area contributed by atoms with Crippen molar-refractivity contribution in [1.29, 1.82) is 0 Å². The molecule has 1 atom stereocenters. The summed E-state index contributed by atoms with van der Waals surface area (Å²) in [7, 11) is 0. The SMILES string of the molecule is CCCCCCCCCC(=O)N[C@H](CC)Cc1ccc2ccccc2c1. The predicted octanol–water partition coefficient (Wildman–Crippen LogP) is 6.42. The molecule has 2 heteroatoms. The van der Waals surface area contributed by atoms with E-state index in [1.807, 2.05) is 0 Å². The van der Waals surface area contributed by atoms with Gasteiger partial charge in [-0.1, -0.05) is 94.8 Å². The Kier molecular flexibility index (Phi) is 9.23. The third kappa shape index (κ3) is 7.19. The van der Waals surface area contributed by atoms with Crippen molar-refractivity contribution < 1.29 is 4.79 Å². The van der Waals surface area contributed by atoms with Crippen molar-refractivity contribution in [2.24, 2.45) is 0 Å². The van der Waals surface area contributed by atoms with Crippen molar-refractivity contribution in [1.82, 2.24) is 5.32 Å². The average Bonchev–Trinajstić information content (AvgIpc) is 2.66. The molecule has 0 aliphatic heterocycles. The fourth-order valence-electron chi connectivity index (χ4n) is 3.49. The number of fused-ring (bicyclic) bond motifs is 1. The van der Waals surface area contributed by atoms with E-state index >= 15 is 0 Å². The van der Waals surface area contributed by atoms with Gasteiger partial charge in [-0.05, 0) is 35.6 Å². The van der Waals surface area contributed by atoms with Crippen LogP contribution in [0.5, 0.6) is 0 Å². The highest BCUT2D eigenvalue weighted by atomic mass is 16.1. The van der Waals surface area contributed by atoms with Crippen molar-refractivity contribution in [3.05, 3.63) is 48.0 Å². The molecule has 0 radical (unpaired) electrons. The first-order chi connectivity index (χ1) is 12.7. The quantitative estimate of drug-likeness (QED) is 0.438. The molecule has 0 spiro atoms. The Morgan fingerprint density at radius 3 is 2.31 bits per heavy atom. The van der Waals surface area contributed by atoms with Crippen LogP contribution in [-0.2, 0) is 11.2 Å². The lowest BCUT2D eigenvalue weighted by Gasteiger charge is -2.17. The molecule has 2 nitrogen and oxygen atoms in total. The van der Waals surface area contributed by atoms with E-state index in [0.717, 1.165) is 19.3 Å². The number of nitrogens with one attached hydrogen (secondary N) is 1. The van der Waals surface area contributed by atoms with Crippen LogP contribution in [0.2, 0.25) is 0 Å². The molecule has 142 valence electrons. The molecule has 0 aliphatic rings. The van der Waals surface area contributed by atoms with Crippen LogP contribution in [0.25, 0.3) is 10.8 Å². The fraction of sp³-hybridized carbons (Fsp3) is 0.542. The Bertz CT molecular complexity index is 664. The molecule has 0 heterocycles. The minimum Gasteiger partial charge on any atom is -0.353 e. The predicted molar refractivity (Wildman–Crippen MR) is 112 cm³/mol. The van der Waals surface area contributed by atoms with Gasteiger partial charge in [-0.25, -0.2) is 0 Å². The van der Waals surface area contributed by atoms with Crippen molar-refractivity contribution >= 4 is 16.7 Å². The summed E-state index contributed by atoms with van der Waals surface area (Å²) in [6.07, 6.45) is 11.3. The van der Waals surface area contributed by atoms with Crippen LogP contribution in [0.1, 0.15) is 77.2 Å². The first-order valence-electron chi connectivity index (χ1n) is 10.5. The highest BCUT2D eigenvalue weighted by molar-refractivity contribution is 5.83. The summed E-state index contributed by atoms with van der Waals surface area (Å²) in [6, 6.07) is 15.3. The van der Waals surface area contributed by atoms with Crippen molar-refractivity contribution in [2.75, 3.05) is 0 Å². The van der Waals surface area contributed by atoms with Gasteiger partial charge in [0.25, 0.3) is 0 Å². The van der Waals surface area contributed by atoms with Gasteiger partial charge in [0, 0.05) is 12.5 Å². The molecular formula is C24H35NO. The van der Waals surface area contributed by atoms with E-state index in [4.69, 9.17) is 0 Å². The van der Waals surface area contributed by atoms with E-state index < -0.39 is 0 Å². The number of hydrogen-bond donors (Lipinski definition) is 1. The molecule has 0 fully saturated rings. The number of unbranched alkanes of at least 4 members (excludes halogenated alkanes) is 6. The third-order valence-electron chi connectivity index (χ3n) is 5.16. The number of hydrogen-bond acceptors (Lipinski definition) is 1. The molecule has 0 aromatic heterocycles. The molecule has 0 aliphatic carbocycles. The summed E-state index contributed by atoms with van der Waals surface area (Å²) in [5.41, 5.74) is 1.30. The molecule has 0 saturated carbocycles. The first kappa shape index (κ1) is 20.5. The summed E-state index contributed by atoms with van der Waals surface area (Å²) in [4.78, 5) is 12.2. The van der Waals surface area contributed by atoms with E-state index in [2.05, 4.69) is 61.6 Å². The zero-order chi connectivity index (χ0) is 18.6. The molecule has 0 unspecified atom stereocenters. The van der Waals surface area contributed by atoms with Crippen LogP contribution in [0.4, 0.5) is 0 Å². The summed E-state index contributed by atoms with van der Waals surface area (Å²) in [6.45, 7) is 4.39. The van der Waals surface area contributed by atoms with Crippen LogP contribution in [0.3, 0.4) is 0 Å². The van der Waals surface area contributed by atoms with Crippen molar-refractivity contribution in [3.63, 3.8) is 0 Å². The van der Waals surface area contributed by atoms with Gasteiger partial charge in [-0.15, -0.1) is 0 Å². The normalized spacial score (nSPS) is 12.2. The number of carbonyl (C=O) groups is 1. The summed E-state index contributed by atoms with van der Waals surface area (Å²) >= 11 is 0. The molecule has 1 N–H and O–H groups in total. The summed E-state index contributed by atoms with van der Waals surface area (Å²) in [5, 5.41) is 5.78. The zero-order valence-corrected chi connectivity index (χ0v) is 16.6. The third-order valence-corrected chi connectivity index (χ3v) is 5.16. The highest BCUT2D eigenvalue weighted by Gasteiger charge is 2.11. The molecular weight excluding hydrogens is 318 g/mol. The number of carbonyl (C=O) groups excluding carboxylic acids is 1. The molecule has 2 aromatic carbocycles. The summed E-state index contributed by atoms with van der Waals surface area (Å²) in [5.74, 6) is 0.214. The molecule has 2 aromatic rings. The Labute approximate surface area is 159 Å². The molecule has 2 rings (SSSR count). The van der Waals surface area contributed by atoms with Gasteiger partial charge in [-0.2, -0.15) is 0 Å². The number of amides is 1. The fourth-order valence-corrected chi connectivity index (χ4v) is 3.49. The standard InChI is InChI=1S/C24H35NO/c1-3-5-6-7-8-9-10-15-24(26)25-23(4-2)19-20-16-17-21-13-11-12-14-22(21)18-20/h11-14,16-18,23H,3-10,15,19H2,1-2H3,(H,25,26)/t23-/m1/s1. The van der Waals surface area contributed by atoms with Gasteiger partial charge in [0.1, 0.15) is 0 Å². The van der Waals surface area contributed by atoms with E-state index in [1.165, 1.54) is 54.9 Å².